The summed E-state index contributed by atoms with van der Waals surface area (Å²) in [6.07, 6.45) is 1.60. The van der Waals surface area contributed by atoms with Crippen molar-refractivity contribution < 1.29 is 4.42 Å². The van der Waals surface area contributed by atoms with Gasteiger partial charge in [0.15, 0.2) is 0 Å². The van der Waals surface area contributed by atoms with Crippen LogP contribution in [0.4, 0.5) is 0 Å². The Morgan fingerprint density at radius 3 is 2.74 bits per heavy atom. The van der Waals surface area contributed by atoms with Crippen LogP contribution < -0.4 is 5.73 Å². The molecule has 0 saturated heterocycles. The van der Waals surface area contributed by atoms with Crippen molar-refractivity contribution in [3.8, 4) is 0 Å². The van der Waals surface area contributed by atoms with Crippen molar-refractivity contribution in [3.05, 3.63) is 54.2 Å². The molecule has 4 nitrogen and oxygen atoms in total. The van der Waals surface area contributed by atoms with Crippen LogP contribution in [0.2, 0.25) is 0 Å². The molecule has 0 atom stereocenters. The van der Waals surface area contributed by atoms with E-state index in [0.717, 1.165) is 33.2 Å². The van der Waals surface area contributed by atoms with Crippen LogP contribution in [0, 0.1) is 0 Å². The summed E-state index contributed by atoms with van der Waals surface area (Å²) in [4.78, 5) is 8.58. The van der Waals surface area contributed by atoms with Crippen molar-refractivity contribution in [3.63, 3.8) is 0 Å². The van der Waals surface area contributed by atoms with Crippen LogP contribution in [0.1, 0.15) is 11.5 Å². The number of para-hydroxylation sites is 1. The lowest BCUT2D eigenvalue weighted by atomic mass is 10.2. The molecule has 0 aliphatic carbocycles. The highest BCUT2D eigenvalue weighted by Crippen LogP contribution is 2.27. The first-order valence-electron chi connectivity index (χ1n) is 5.97. The molecule has 3 rings (SSSR count). The quantitative estimate of drug-likeness (QED) is 0.583. The van der Waals surface area contributed by atoms with E-state index >= 15 is 0 Å². The molecule has 0 radical (unpaired) electrons. The molecule has 0 unspecified atom stereocenters. The first-order valence-corrected chi connectivity index (χ1v) is 6.95. The van der Waals surface area contributed by atoms with E-state index in [4.69, 9.17) is 10.2 Å². The van der Waals surface area contributed by atoms with Gasteiger partial charge in [0.1, 0.15) is 22.9 Å². The first kappa shape index (κ1) is 12.2. The van der Waals surface area contributed by atoms with Gasteiger partial charge in [-0.2, -0.15) is 0 Å². The molecule has 0 bridgehead atoms. The van der Waals surface area contributed by atoms with Crippen molar-refractivity contribution in [2.75, 3.05) is 0 Å². The summed E-state index contributed by atoms with van der Waals surface area (Å²) in [7, 11) is 0. The van der Waals surface area contributed by atoms with Gasteiger partial charge in [0.05, 0.1) is 17.8 Å². The summed E-state index contributed by atoms with van der Waals surface area (Å²) in [5, 5.41) is 2.04. The van der Waals surface area contributed by atoms with E-state index in [-0.39, 0.29) is 0 Å². The van der Waals surface area contributed by atoms with E-state index < -0.39 is 0 Å². The molecule has 5 heteroatoms. The van der Waals surface area contributed by atoms with Crippen LogP contribution in [0.25, 0.3) is 10.9 Å². The fourth-order valence-corrected chi connectivity index (χ4v) is 2.73. The number of furan rings is 1. The number of hydrogen-bond donors (Lipinski definition) is 1. The number of fused-ring (bicyclic) bond motifs is 1. The van der Waals surface area contributed by atoms with Gasteiger partial charge in [0.25, 0.3) is 0 Å². The van der Waals surface area contributed by atoms with Gasteiger partial charge in [-0.1, -0.05) is 30.0 Å². The largest absolute Gasteiger partial charge is 0.464 e. The SMILES string of the molecule is NCc1ccc(CSc2ncnc3ccccc23)o1. The molecule has 3 aromatic rings. The molecular formula is C14H13N3OS. The molecule has 0 amide bonds. The highest BCUT2D eigenvalue weighted by atomic mass is 32.2. The van der Waals surface area contributed by atoms with Gasteiger partial charge in [-0.25, -0.2) is 9.97 Å². The third-order valence-electron chi connectivity index (χ3n) is 2.78. The lowest BCUT2D eigenvalue weighted by Gasteiger charge is -2.03. The highest BCUT2D eigenvalue weighted by Gasteiger charge is 2.06. The van der Waals surface area contributed by atoms with Crippen molar-refractivity contribution in [1.29, 1.82) is 0 Å². The molecule has 0 spiro atoms. The number of benzene rings is 1. The average molecular weight is 271 g/mol. The zero-order valence-electron chi connectivity index (χ0n) is 10.2. The molecular weight excluding hydrogens is 258 g/mol. The van der Waals surface area contributed by atoms with E-state index in [1.165, 1.54) is 0 Å². The lowest BCUT2D eigenvalue weighted by Crippen LogP contribution is -1.92. The van der Waals surface area contributed by atoms with Crippen molar-refractivity contribution in [2.45, 2.75) is 17.3 Å². The number of nitrogens with two attached hydrogens (primary N) is 1. The Labute approximate surface area is 115 Å². The second-order valence-electron chi connectivity index (χ2n) is 4.06. The fraction of sp³-hybridized carbons (Fsp3) is 0.143. The molecule has 0 aliphatic rings. The zero-order valence-corrected chi connectivity index (χ0v) is 11.1. The second-order valence-corrected chi connectivity index (χ2v) is 5.02. The van der Waals surface area contributed by atoms with Gasteiger partial charge in [-0.05, 0) is 18.2 Å². The molecule has 2 N–H and O–H groups in total. The van der Waals surface area contributed by atoms with E-state index in [2.05, 4.69) is 9.97 Å². The van der Waals surface area contributed by atoms with E-state index in [0.29, 0.717) is 6.54 Å². The molecule has 1 aromatic carbocycles. The minimum atomic E-state index is 0.432. The van der Waals surface area contributed by atoms with Gasteiger partial charge in [-0.15, -0.1) is 0 Å². The Kier molecular flexibility index (Phi) is 3.48. The van der Waals surface area contributed by atoms with Crippen LogP contribution >= 0.6 is 11.8 Å². The average Bonchev–Trinajstić information content (AvgIpc) is 2.93. The van der Waals surface area contributed by atoms with Crippen molar-refractivity contribution >= 4 is 22.7 Å². The van der Waals surface area contributed by atoms with Gasteiger partial charge in [-0.3, -0.25) is 0 Å². The maximum Gasteiger partial charge on any atom is 0.117 e. The van der Waals surface area contributed by atoms with Crippen LogP contribution in [-0.2, 0) is 12.3 Å². The summed E-state index contributed by atoms with van der Waals surface area (Å²) in [5.74, 6) is 2.46. The summed E-state index contributed by atoms with van der Waals surface area (Å²) < 4.78 is 5.58. The van der Waals surface area contributed by atoms with Crippen LogP contribution in [0.5, 0.6) is 0 Å². The number of nitrogens with zero attached hydrogens (tertiary/aromatic N) is 2. The van der Waals surface area contributed by atoms with E-state index in [9.17, 15) is 0 Å². The predicted octanol–water partition coefficient (Wildman–Crippen LogP) is 2.97. The Hall–Kier alpha value is -1.85. The standard InChI is InChI=1S/C14H13N3OS/c15-7-10-5-6-11(18-10)8-19-14-12-3-1-2-4-13(12)16-9-17-14/h1-6,9H,7-8,15H2. The minimum Gasteiger partial charge on any atom is -0.464 e. The third kappa shape index (κ3) is 2.62. The maximum atomic E-state index is 5.58. The molecule has 19 heavy (non-hydrogen) atoms. The molecule has 96 valence electrons. The molecule has 0 fully saturated rings. The number of hydrogen-bond acceptors (Lipinski definition) is 5. The number of thioether (sulfide) groups is 1. The predicted molar refractivity (Wildman–Crippen MR) is 75.7 cm³/mol. The van der Waals surface area contributed by atoms with Crippen LogP contribution in [0.15, 0.2) is 52.2 Å². The maximum absolute atomic E-state index is 5.58. The number of rotatable bonds is 4. The van der Waals surface area contributed by atoms with Crippen LogP contribution in [0.3, 0.4) is 0 Å². The smallest absolute Gasteiger partial charge is 0.117 e. The van der Waals surface area contributed by atoms with Crippen LogP contribution in [-0.4, -0.2) is 9.97 Å². The summed E-state index contributed by atoms with van der Waals surface area (Å²) in [5.41, 5.74) is 6.48. The molecule has 2 aromatic heterocycles. The molecule has 0 aliphatic heterocycles. The highest BCUT2D eigenvalue weighted by molar-refractivity contribution is 7.98. The van der Waals surface area contributed by atoms with Crippen molar-refractivity contribution in [2.24, 2.45) is 5.73 Å². The van der Waals surface area contributed by atoms with E-state index in [1.54, 1.807) is 18.1 Å². The first-order chi connectivity index (χ1) is 9.36. The Bertz CT molecular complexity index is 690. The minimum absolute atomic E-state index is 0.432. The topological polar surface area (TPSA) is 64.9 Å². The van der Waals surface area contributed by atoms with Gasteiger partial charge in [0.2, 0.25) is 0 Å². The van der Waals surface area contributed by atoms with E-state index in [1.807, 2.05) is 36.4 Å². The molecule has 2 heterocycles. The normalized spacial score (nSPS) is 11.0. The fourth-order valence-electron chi connectivity index (χ4n) is 1.84. The second kappa shape index (κ2) is 5.42. The Balaban J connectivity index is 1.81. The summed E-state index contributed by atoms with van der Waals surface area (Å²) in [6, 6.07) is 11.9. The summed E-state index contributed by atoms with van der Waals surface area (Å²) in [6.45, 7) is 0.432. The lowest BCUT2D eigenvalue weighted by molar-refractivity contribution is 0.482. The molecule has 0 saturated carbocycles. The Morgan fingerprint density at radius 1 is 1.05 bits per heavy atom. The van der Waals surface area contributed by atoms with Gasteiger partial charge in [0, 0.05) is 5.39 Å². The van der Waals surface area contributed by atoms with Gasteiger partial charge >= 0.3 is 0 Å². The van der Waals surface area contributed by atoms with Gasteiger partial charge < -0.3 is 10.2 Å². The Morgan fingerprint density at radius 2 is 1.89 bits per heavy atom. The number of aromatic nitrogens is 2. The third-order valence-corrected chi connectivity index (χ3v) is 3.80. The monoisotopic (exact) mass is 271 g/mol. The zero-order chi connectivity index (χ0) is 13.1. The van der Waals surface area contributed by atoms with Crippen molar-refractivity contribution in [1.82, 2.24) is 9.97 Å². The summed E-state index contributed by atoms with van der Waals surface area (Å²) >= 11 is 1.64.